The lowest BCUT2D eigenvalue weighted by molar-refractivity contribution is -0.106. The third-order valence-electron chi connectivity index (χ3n) is 4.15. The number of carbonyl (C=O) groups is 1. The molecule has 4 nitrogen and oxygen atoms in total. The van der Waals surface area contributed by atoms with Gasteiger partial charge in [-0.05, 0) is 51.0 Å². The predicted octanol–water partition coefficient (Wildman–Crippen LogP) is 6.52. The van der Waals surface area contributed by atoms with Crippen LogP contribution in [-0.4, -0.2) is 49.8 Å². The first-order valence-electron chi connectivity index (χ1n) is 10.5. The van der Waals surface area contributed by atoms with Crippen LogP contribution in [0.4, 0.5) is 17.6 Å². The smallest absolute Gasteiger partial charge is 0.429 e. The molecule has 0 bridgehead atoms. The van der Waals surface area contributed by atoms with Crippen molar-refractivity contribution in [1.82, 2.24) is 4.90 Å². The molecule has 0 unspecified atom stereocenters. The number of carbonyl (C=O) groups excluding carboxylic acids is 1. The van der Waals surface area contributed by atoms with Crippen molar-refractivity contribution in [2.24, 2.45) is 4.99 Å². The summed E-state index contributed by atoms with van der Waals surface area (Å²) in [7, 11) is 2.07. The highest BCUT2D eigenvalue weighted by Gasteiger charge is 2.31. The fourth-order valence-electron chi connectivity index (χ4n) is 2.28. The Bertz CT molecular complexity index is 829. The Labute approximate surface area is 200 Å². The summed E-state index contributed by atoms with van der Waals surface area (Å²) in [5.41, 5.74) is 1.32. The van der Waals surface area contributed by atoms with Gasteiger partial charge in [0, 0.05) is 13.1 Å². The summed E-state index contributed by atoms with van der Waals surface area (Å²) >= 11 is 0. The second kappa shape index (κ2) is 19.3. The normalized spacial score (nSPS) is 15.7. The van der Waals surface area contributed by atoms with Crippen LogP contribution in [0.3, 0.4) is 0 Å². The lowest BCUT2D eigenvalue weighted by Crippen LogP contribution is -2.25. The molecule has 1 aliphatic heterocycles. The lowest BCUT2D eigenvalue weighted by Gasteiger charge is -2.23. The Morgan fingerprint density at radius 2 is 1.97 bits per heavy atom. The molecular weight excluding hydrogens is 448 g/mol. The minimum absolute atomic E-state index is 0.0556. The summed E-state index contributed by atoms with van der Waals surface area (Å²) in [4.78, 5) is 14.8. The van der Waals surface area contributed by atoms with Gasteiger partial charge in [-0.15, -0.1) is 12.8 Å². The number of aliphatic imine (C=N–C) groups is 1. The van der Waals surface area contributed by atoms with Crippen molar-refractivity contribution in [3.05, 3.63) is 72.0 Å². The van der Waals surface area contributed by atoms with Crippen LogP contribution < -0.4 is 0 Å². The molecule has 0 aromatic heterocycles. The molecule has 1 heterocycles. The van der Waals surface area contributed by atoms with Gasteiger partial charge in [-0.25, -0.2) is 4.39 Å². The highest BCUT2D eigenvalue weighted by Crippen LogP contribution is 2.21. The molecule has 188 valence electrons. The molecule has 0 saturated carbocycles. The molecule has 0 aromatic carbocycles. The maximum atomic E-state index is 12.6. The summed E-state index contributed by atoms with van der Waals surface area (Å²) in [5.74, 6) is -0.620. The Hall–Kier alpha value is -3.18. The van der Waals surface area contributed by atoms with Crippen molar-refractivity contribution < 1.29 is 27.1 Å². The van der Waals surface area contributed by atoms with Crippen molar-refractivity contribution in [2.45, 2.75) is 39.8 Å². The number of hydrogen-bond acceptors (Lipinski definition) is 4. The fraction of sp³-hybridized carbons (Fsp3) is 0.385. The monoisotopic (exact) mass is 482 g/mol. The summed E-state index contributed by atoms with van der Waals surface area (Å²) in [6.45, 7) is 9.57. The zero-order valence-corrected chi connectivity index (χ0v) is 20.2. The van der Waals surface area contributed by atoms with Gasteiger partial charge in [0.15, 0.2) is 12.1 Å². The van der Waals surface area contributed by atoms with Crippen LogP contribution in [0, 0.1) is 12.8 Å². The number of ether oxygens (including phenoxy) is 1. The van der Waals surface area contributed by atoms with Crippen molar-refractivity contribution in [1.29, 1.82) is 0 Å². The van der Waals surface area contributed by atoms with Crippen molar-refractivity contribution in [3.63, 3.8) is 0 Å². The molecule has 0 radical (unpaired) electrons. The van der Waals surface area contributed by atoms with Gasteiger partial charge in [0.25, 0.3) is 0 Å². The van der Waals surface area contributed by atoms with Crippen molar-refractivity contribution in [2.75, 3.05) is 26.7 Å². The first kappa shape index (κ1) is 33.0. The standard InChI is InChI=1S/C21H29F3N2O.C3H3FO.C2H2/c1-5-7-9-19(18-11-13-26(4)14-12-18)16-27-20(10-8-6-2)15-25-17(3)21(22,23)24;1-3(4)2-5;1-2/h5,7-11,15H,6,12-14,16H2,1-4H3;2H,1H2;1-2H/b7-5-,10-8+,19-9+,20-15+,25-17?;;. The molecule has 0 atom stereocenters. The molecule has 1 aliphatic rings. The summed E-state index contributed by atoms with van der Waals surface area (Å²) in [6, 6.07) is 0. The Morgan fingerprint density at radius 1 is 1.35 bits per heavy atom. The molecule has 0 saturated heterocycles. The number of halogens is 4. The van der Waals surface area contributed by atoms with Crippen molar-refractivity contribution in [3.8, 4) is 12.8 Å². The number of likely N-dealkylation sites (N-methyl/N-ethyl adjacent to an activating group) is 1. The van der Waals surface area contributed by atoms with E-state index < -0.39 is 17.7 Å². The number of nitrogens with zero attached hydrogens (tertiary/aromatic N) is 2. The van der Waals surface area contributed by atoms with Crippen molar-refractivity contribution >= 4 is 12.0 Å². The van der Waals surface area contributed by atoms with E-state index in [1.807, 2.05) is 38.2 Å². The number of rotatable bonds is 9. The quantitative estimate of drug-likeness (QED) is 0.0715. The van der Waals surface area contributed by atoms with E-state index in [4.69, 9.17) is 9.53 Å². The van der Waals surface area contributed by atoms with Gasteiger partial charge in [0.2, 0.25) is 0 Å². The minimum Gasteiger partial charge on any atom is -0.487 e. The number of alkyl halides is 3. The zero-order chi connectivity index (χ0) is 26.6. The average molecular weight is 483 g/mol. The Kier molecular flexibility index (Phi) is 18.7. The van der Waals surface area contributed by atoms with E-state index in [0.717, 1.165) is 44.6 Å². The van der Waals surface area contributed by atoms with Gasteiger partial charge >= 0.3 is 6.18 Å². The highest BCUT2D eigenvalue weighted by molar-refractivity contribution is 5.87. The first-order chi connectivity index (χ1) is 16.0. The van der Waals surface area contributed by atoms with Crippen LogP contribution in [0.25, 0.3) is 0 Å². The molecule has 0 N–H and O–H groups in total. The second-order valence-electron chi connectivity index (χ2n) is 6.87. The van der Waals surface area contributed by atoms with Gasteiger partial charge in [-0.2, -0.15) is 13.2 Å². The summed E-state index contributed by atoms with van der Waals surface area (Å²) in [6.07, 6.45) is 17.9. The Morgan fingerprint density at radius 3 is 2.41 bits per heavy atom. The number of hydrogen-bond donors (Lipinski definition) is 0. The van der Waals surface area contributed by atoms with Crippen LogP contribution in [0.1, 0.15) is 33.6 Å². The first-order valence-corrected chi connectivity index (χ1v) is 10.5. The topological polar surface area (TPSA) is 41.9 Å². The van der Waals surface area contributed by atoms with E-state index in [1.165, 1.54) is 5.57 Å². The van der Waals surface area contributed by atoms with Crippen LogP contribution in [0.15, 0.2) is 77.0 Å². The van der Waals surface area contributed by atoms with E-state index in [0.29, 0.717) is 5.76 Å². The van der Waals surface area contributed by atoms with Gasteiger partial charge in [-0.1, -0.05) is 43.9 Å². The third-order valence-corrected chi connectivity index (χ3v) is 4.15. The SMILES string of the molecule is C#C.C/C=C\C=C(/COC(/C=C/CC)=C/N=C(C)C(F)(F)F)C1=CCN(C)CC1.C=C(F)C=O. The van der Waals surface area contributed by atoms with E-state index in [-0.39, 0.29) is 12.9 Å². The molecule has 0 fully saturated rings. The van der Waals surface area contributed by atoms with Gasteiger partial charge in [0.05, 0.1) is 6.20 Å². The maximum Gasteiger partial charge on any atom is 0.429 e. The maximum absolute atomic E-state index is 12.6. The van der Waals surface area contributed by atoms with Crippen LogP contribution in [-0.2, 0) is 9.53 Å². The molecule has 1 rings (SSSR count). The molecule has 0 spiro atoms. The van der Waals surface area contributed by atoms with E-state index in [2.05, 4.69) is 42.4 Å². The number of allylic oxidation sites excluding steroid dienone is 6. The van der Waals surface area contributed by atoms with E-state index >= 15 is 0 Å². The van der Waals surface area contributed by atoms with Gasteiger partial charge in [-0.3, -0.25) is 9.79 Å². The van der Waals surface area contributed by atoms with E-state index in [9.17, 15) is 17.6 Å². The minimum atomic E-state index is -4.44. The van der Waals surface area contributed by atoms with Gasteiger partial charge < -0.3 is 9.64 Å². The van der Waals surface area contributed by atoms with E-state index in [1.54, 1.807) is 6.08 Å². The molecule has 0 aliphatic carbocycles. The summed E-state index contributed by atoms with van der Waals surface area (Å²) in [5, 5.41) is 0. The predicted molar refractivity (Wildman–Crippen MR) is 132 cm³/mol. The second-order valence-corrected chi connectivity index (χ2v) is 6.87. The van der Waals surface area contributed by atoms with Crippen LogP contribution in [0.5, 0.6) is 0 Å². The largest absolute Gasteiger partial charge is 0.487 e. The molecule has 0 aromatic rings. The highest BCUT2D eigenvalue weighted by atomic mass is 19.4. The fourth-order valence-corrected chi connectivity index (χ4v) is 2.28. The lowest BCUT2D eigenvalue weighted by atomic mass is 9.99. The molecular formula is C26H34F4N2O2. The van der Waals surface area contributed by atoms with Crippen LogP contribution in [0.2, 0.25) is 0 Å². The molecule has 0 amide bonds. The van der Waals surface area contributed by atoms with Crippen LogP contribution >= 0.6 is 0 Å². The number of aldehydes is 1. The average Bonchev–Trinajstić information content (AvgIpc) is 2.81. The number of terminal acetylenes is 1. The molecule has 8 heteroatoms. The van der Waals surface area contributed by atoms with Gasteiger partial charge in [0.1, 0.15) is 18.1 Å². The third kappa shape index (κ3) is 16.5. The summed E-state index contributed by atoms with van der Waals surface area (Å²) < 4.78 is 54.6. The Balaban J connectivity index is 0. The zero-order valence-electron chi connectivity index (χ0n) is 20.2. The molecule has 34 heavy (non-hydrogen) atoms.